The summed E-state index contributed by atoms with van der Waals surface area (Å²) in [6.45, 7) is 6.28. The van der Waals surface area contributed by atoms with Crippen LogP contribution in [0.15, 0.2) is 22.7 Å². The van der Waals surface area contributed by atoms with Crippen LogP contribution < -0.4 is 5.32 Å². The van der Waals surface area contributed by atoms with E-state index in [9.17, 15) is 4.39 Å². The summed E-state index contributed by atoms with van der Waals surface area (Å²) in [5, 5.41) is 7.78. The Hall–Kier alpha value is -1.39. The maximum atomic E-state index is 13.2. The molecule has 1 aromatic heterocycles. The number of hydrogen-bond acceptors (Lipinski definition) is 3. The number of hydrogen-bond donors (Lipinski definition) is 1. The van der Waals surface area contributed by atoms with Crippen LogP contribution in [0.3, 0.4) is 0 Å². The van der Waals surface area contributed by atoms with Crippen LogP contribution in [0.4, 0.5) is 4.39 Å². The molecule has 1 aromatic carbocycles. The molecule has 0 saturated heterocycles. The molecular formula is C14H16ClFN2O. The van der Waals surface area contributed by atoms with Gasteiger partial charge >= 0.3 is 0 Å². The van der Waals surface area contributed by atoms with Crippen LogP contribution in [0.1, 0.15) is 35.5 Å². The van der Waals surface area contributed by atoms with Crippen molar-refractivity contribution in [2.75, 3.05) is 0 Å². The molecule has 5 heteroatoms. The molecule has 1 N–H and O–H groups in total. The lowest BCUT2D eigenvalue weighted by molar-refractivity contribution is 0.390. The summed E-state index contributed by atoms with van der Waals surface area (Å²) in [4.78, 5) is 0. The first-order chi connectivity index (χ1) is 8.99. The Morgan fingerprint density at radius 1 is 1.42 bits per heavy atom. The van der Waals surface area contributed by atoms with Gasteiger partial charge in [-0.15, -0.1) is 0 Å². The summed E-state index contributed by atoms with van der Waals surface area (Å²) < 4.78 is 18.3. The molecule has 0 bridgehead atoms. The van der Waals surface area contributed by atoms with Crippen molar-refractivity contribution in [3.05, 3.63) is 51.6 Å². The third kappa shape index (κ3) is 3.14. The molecule has 19 heavy (non-hydrogen) atoms. The van der Waals surface area contributed by atoms with Gasteiger partial charge in [-0.1, -0.05) is 16.8 Å². The highest BCUT2D eigenvalue weighted by Crippen LogP contribution is 2.22. The highest BCUT2D eigenvalue weighted by Gasteiger charge is 2.16. The molecule has 1 unspecified atom stereocenters. The van der Waals surface area contributed by atoms with Crippen molar-refractivity contribution in [1.82, 2.24) is 10.5 Å². The van der Waals surface area contributed by atoms with Crippen molar-refractivity contribution in [2.45, 2.75) is 33.4 Å². The lowest BCUT2D eigenvalue weighted by Gasteiger charge is -2.14. The van der Waals surface area contributed by atoms with Crippen molar-refractivity contribution < 1.29 is 8.91 Å². The second-order valence-corrected chi connectivity index (χ2v) is 4.98. The molecule has 0 aliphatic carbocycles. The second kappa shape index (κ2) is 5.72. The maximum absolute atomic E-state index is 13.2. The van der Waals surface area contributed by atoms with Crippen LogP contribution >= 0.6 is 11.6 Å². The summed E-state index contributed by atoms with van der Waals surface area (Å²) >= 11 is 6.03. The quantitative estimate of drug-likeness (QED) is 0.923. The zero-order valence-corrected chi connectivity index (χ0v) is 11.9. The topological polar surface area (TPSA) is 38.1 Å². The van der Waals surface area contributed by atoms with Gasteiger partial charge in [0.1, 0.15) is 11.6 Å². The van der Waals surface area contributed by atoms with Gasteiger partial charge in [0.25, 0.3) is 0 Å². The fourth-order valence-electron chi connectivity index (χ4n) is 2.15. The second-order valence-electron chi connectivity index (χ2n) is 4.58. The van der Waals surface area contributed by atoms with E-state index in [0.29, 0.717) is 11.6 Å². The molecule has 102 valence electrons. The van der Waals surface area contributed by atoms with Gasteiger partial charge in [0, 0.05) is 23.2 Å². The predicted molar refractivity (Wildman–Crippen MR) is 72.6 cm³/mol. The van der Waals surface area contributed by atoms with Crippen LogP contribution in [0.5, 0.6) is 0 Å². The molecule has 3 nitrogen and oxygen atoms in total. The molecule has 1 atom stereocenters. The van der Waals surface area contributed by atoms with E-state index in [1.54, 1.807) is 6.07 Å². The molecule has 0 amide bonds. The minimum absolute atomic E-state index is 0.0607. The number of rotatable bonds is 4. The molecule has 0 fully saturated rings. The number of aryl methyl sites for hydroxylation is 2. The first-order valence-corrected chi connectivity index (χ1v) is 6.47. The SMILES string of the molecule is Cc1noc(C)c1C(C)NCc1cc(F)ccc1Cl. The monoisotopic (exact) mass is 282 g/mol. The van der Waals surface area contributed by atoms with Crippen molar-refractivity contribution in [3.63, 3.8) is 0 Å². The minimum atomic E-state index is -0.286. The Kier molecular flexibility index (Phi) is 4.22. The zero-order valence-electron chi connectivity index (χ0n) is 11.1. The van der Waals surface area contributed by atoms with Crippen LogP contribution in [0.25, 0.3) is 0 Å². The lowest BCUT2D eigenvalue weighted by atomic mass is 10.1. The highest BCUT2D eigenvalue weighted by atomic mass is 35.5. The Morgan fingerprint density at radius 3 is 2.79 bits per heavy atom. The Bertz CT molecular complexity index is 563. The van der Waals surface area contributed by atoms with Crippen molar-refractivity contribution in [1.29, 1.82) is 0 Å². The van der Waals surface area contributed by atoms with E-state index in [2.05, 4.69) is 10.5 Å². The van der Waals surface area contributed by atoms with Gasteiger partial charge in [0.05, 0.1) is 5.69 Å². The number of halogens is 2. The lowest BCUT2D eigenvalue weighted by Crippen LogP contribution is -2.19. The third-order valence-electron chi connectivity index (χ3n) is 3.13. The Morgan fingerprint density at radius 2 is 2.16 bits per heavy atom. The van der Waals surface area contributed by atoms with Gasteiger partial charge in [0.15, 0.2) is 0 Å². The Labute approximate surface area is 116 Å². The number of aromatic nitrogens is 1. The summed E-state index contributed by atoms with van der Waals surface area (Å²) in [5.74, 6) is 0.508. The van der Waals surface area contributed by atoms with E-state index in [0.717, 1.165) is 22.6 Å². The molecule has 2 rings (SSSR count). The van der Waals surface area contributed by atoms with E-state index >= 15 is 0 Å². The smallest absolute Gasteiger partial charge is 0.138 e. The van der Waals surface area contributed by atoms with Gasteiger partial charge in [-0.3, -0.25) is 0 Å². The van der Waals surface area contributed by atoms with E-state index < -0.39 is 0 Å². The number of benzene rings is 1. The predicted octanol–water partition coefficient (Wildman–Crippen LogP) is 3.93. The van der Waals surface area contributed by atoms with Crippen molar-refractivity contribution in [2.24, 2.45) is 0 Å². The molecule has 0 saturated carbocycles. The number of nitrogens with zero attached hydrogens (tertiary/aromatic N) is 1. The highest BCUT2D eigenvalue weighted by molar-refractivity contribution is 6.31. The van der Waals surface area contributed by atoms with E-state index in [1.807, 2.05) is 20.8 Å². The third-order valence-corrected chi connectivity index (χ3v) is 3.50. The van der Waals surface area contributed by atoms with Crippen molar-refractivity contribution in [3.8, 4) is 0 Å². The first-order valence-electron chi connectivity index (χ1n) is 6.09. The molecule has 0 spiro atoms. The fourth-order valence-corrected chi connectivity index (χ4v) is 2.34. The van der Waals surface area contributed by atoms with E-state index in [1.165, 1.54) is 12.1 Å². The Balaban J connectivity index is 2.08. The molecule has 1 heterocycles. The molecule has 0 radical (unpaired) electrons. The molecule has 0 aliphatic rings. The average molecular weight is 283 g/mol. The normalized spacial score (nSPS) is 12.7. The summed E-state index contributed by atoms with van der Waals surface area (Å²) in [6, 6.07) is 4.42. The standard InChI is InChI=1S/C14H16ClFN2O/c1-8(14-9(2)18-19-10(14)3)17-7-11-6-12(16)4-5-13(11)15/h4-6,8,17H,7H2,1-3H3. The van der Waals surface area contributed by atoms with Gasteiger partial charge in [-0.05, 0) is 44.5 Å². The average Bonchev–Trinajstić information content (AvgIpc) is 2.70. The summed E-state index contributed by atoms with van der Waals surface area (Å²) in [7, 11) is 0. The summed E-state index contributed by atoms with van der Waals surface area (Å²) in [6.07, 6.45) is 0. The fraction of sp³-hybridized carbons (Fsp3) is 0.357. The minimum Gasteiger partial charge on any atom is -0.361 e. The molecule has 0 aliphatic heterocycles. The molecular weight excluding hydrogens is 267 g/mol. The van der Waals surface area contributed by atoms with E-state index in [4.69, 9.17) is 16.1 Å². The van der Waals surface area contributed by atoms with Gasteiger partial charge in [-0.25, -0.2) is 4.39 Å². The number of nitrogens with one attached hydrogen (secondary N) is 1. The van der Waals surface area contributed by atoms with Gasteiger partial charge < -0.3 is 9.84 Å². The van der Waals surface area contributed by atoms with Crippen LogP contribution in [-0.4, -0.2) is 5.16 Å². The molecule has 2 aromatic rings. The maximum Gasteiger partial charge on any atom is 0.138 e. The van der Waals surface area contributed by atoms with Crippen LogP contribution in [0.2, 0.25) is 5.02 Å². The van der Waals surface area contributed by atoms with Crippen molar-refractivity contribution >= 4 is 11.6 Å². The summed E-state index contributed by atoms with van der Waals surface area (Å²) in [5.41, 5.74) is 2.63. The van der Waals surface area contributed by atoms with Crippen LogP contribution in [0, 0.1) is 19.7 Å². The largest absolute Gasteiger partial charge is 0.361 e. The van der Waals surface area contributed by atoms with E-state index in [-0.39, 0.29) is 11.9 Å². The first kappa shape index (κ1) is 14.0. The van der Waals surface area contributed by atoms with Crippen LogP contribution in [-0.2, 0) is 6.54 Å². The zero-order chi connectivity index (χ0) is 14.0. The van der Waals surface area contributed by atoms with Gasteiger partial charge in [0.2, 0.25) is 0 Å². The van der Waals surface area contributed by atoms with Gasteiger partial charge in [-0.2, -0.15) is 0 Å².